The van der Waals surface area contributed by atoms with Crippen molar-refractivity contribution in [2.24, 2.45) is 0 Å². The third-order valence-corrected chi connectivity index (χ3v) is 10.0. The molecule has 3 saturated heterocycles. The minimum absolute atomic E-state index is 0.0353. The van der Waals surface area contributed by atoms with Gasteiger partial charge in [-0.05, 0) is 69.7 Å². The quantitative estimate of drug-likeness (QED) is 0.208. The van der Waals surface area contributed by atoms with Gasteiger partial charge in [0.1, 0.15) is 29.7 Å². The lowest BCUT2D eigenvalue weighted by molar-refractivity contribution is 0.0292. The van der Waals surface area contributed by atoms with Gasteiger partial charge < -0.3 is 19.3 Å². The molecule has 1 amide bonds. The Hall–Kier alpha value is -4.49. The van der Waals surface area contributed by atoms with E-state index in [0.717, 1.165) is 30.2 Å². The highest BCUT2D eigenvalue weighted by Crippen LogP contribution is 2.41. The van der Waals surface area contributed by atoms with Crippen LogP contribution in [0.5, 0.6) is 6.01 Å². The number of aromatic nitrogens is 2. The molecular formula is C38H41F2N5O3. The predicted octanol–water partition coefficient (Wildman–Crippen LogP) is 6.97. The Bertz CT molecular complexity index is 1930. The summed E-state index contributed by atoms with van der Waals surface area (Å²) in [6, 6.07) is 14.9. The second-order valence-corrected chi connectivity index (χ2v) is 14.4. The highest BCUT2D eigenvalue weighted by atomic mass is 19.1. The molecule has 3 aliphatic heterocycles. The average molecular weight is 654 g/mol. The van der Waals surface area contributed by atoms with E-state index in [-0.39, 0.29) is 30.3 Å². The van der Waals surface area contributed by atoms with E-state index >= 15 is 4.39 Å². The molecule has 4 heterocycles. The minimum atomic E-state index is -0.906. The highest BCUT2D eigenvalue weighted by molar-refractivity contribution is 6.03. The number of hydrogen-bond donors (Lipinski definition) is 0. The fourth-order valence-electron chi connectivity index (χ4n) is 7.72. The van der Waals surface area contributed by atoms with E-state index in [4.69, 9.17) is 20.9 Å². The van der Waals surface area contributed by atoms with Gasteiger partial charge in [-0.15, -0.1) is 6.42 Å². The fraction of sp³-hybridized carbons (Fsp3) is 0.447. The summed E-state index contributed by atoms with van der Waals surface area (Å²) in [6.07, 6.45) is 7.47. The van der Waals surface area contributed by atoms with E-state index in [1.807, 2.05) is 75.2 Å². The molecule has 3 fully saturated rings. The number of fused-ring (bicyclic) bond motifs is 3. The van der Waals surface area contributed by atoms with Crippen molar-refractivity contribution < 1.29 is 23.0 Å². The van der Waals surface area contributed by atoms with Gasteiger partial charge in [-0.3, -0.25) is 4.90 Å². The van der Waals surface area contributed by atoms with Gasteiger partial charge in [0.05, 0.1) is 5.54 Å². The van der Waals surface area contributed by atoms with Crippen LogP contribution in [0.1, 0.15) is 52.0 Å². The van der Waals surface area contributed by atoms with E-state index in [9.17, 15) is 9.18 Å². The molecule has 0 N–H and O–H groups in total. The van der Waals surface area contributed by atoms with Gasteiger partial charge in [0.25, 0.3) is 0 Å². The molecule has 1 aromatic heterocycles. The molecule has 3 aliphatic rings. The van der Waals surface area contributed by atoms with Crippen molar-refractivity contribution in [3.8, 4) is 29.5 Å². The Morgan fingerprint density at radius 2 is 1.90 bits per heavy atom. The molecule has 0 aliphatic carbocycles. The van der Waals surface area contributed by atoms with Crippen molar-refractivity contribution in [1.29, 1.82) is 0 Å². The van der Waals surface area contributed by atoms with Gasteiger partial charge in [-0.25, -0.2) is 13.6 Å². The van der Waals surface area contributed by atoms with Crippen LogP contribution in [0.2, 0.25) is 0 Å². The van der Waals surface area contributed by atoms with Crippen molar-refractivity contribution in [2.75, 3.05) is 44.7 Å². The van der Waals surface area contributed by atoms with Gasteiger partial charge in [0.15, 0.2) is 5.82 Å². The molecule has 0 radical (unpaired) electrons. The van der Waals surface area contributed by atoms with Gasteiger partial charge in [0.2, 0.25) is 0 Å². The van der Waals surface area contributed by atoms with Crippen molar-refractivity contribution in [1.82, 2.24) is 19.8 Å². The maximum absolute atomic E-state index is 16.9. The van der Waals surface area contributed by atoms with E-state index < -0.39 is 23.1 Å². The van der Waals surface area contributed by atoms with Crippen molar-refractivity contribution in [2.45, 2.75) is 69.8 Å². The number of rotatable bonds is 6. The lowest BCUT2D eigenvalue weighted by atomic mass is 9.94. The number of anilines is 1. The van der Waals surface area contributed by atoms with Crippen LogP contribution in [0.25, 0.3) is 32.8 Å². The summed E-state index contributed by atoms with van der Waals surface area (Å²) >= 11 is 0. The van der Waals surface area contributed by atoms with E-state index in [1.54, 1.807) is 11.0 Å². The smallest absolute Gasteiger partial charge is 0.410 e. The van der Waals surface area contributed by atoms with Crippen LogP contribution in [0.4, 0.5) is 19.4 Å². The molecule has 0 bridgehead atoms. The Morgan fingerprint density at radius 3 is 2.67 bits per heavy atom. The van der Waals surface area contributed by atoms with Crippen molar-refractivity contribution in [3.63, 3.8) is 0 Å². The van der Waals surface area contributed by atoms with E-state index in [2.05, 4.69) is 15.8 Å². The summed E-state index contributed by atoms with van der Waals surface area (Å²) < 4.78 is 43.3. The third kappa shape index (κ3) is 5.79. The topological polar surface area (TPSA) is 71.0 Å². The number of ether oxygens (including phenoxy) is 2. The number of amides is 1. The maximum atomic E-state index is 16.9. The third-order valence-electron chi connectivity index (χ3n) is 10.0. The molecule has 48 heavy (non-hydrogen) atoms. The zero-order valence-electron chi connectivity index (χ0n) is 27.9. The second kappa shape index (κ2) is 12.2. The number of halogens is 2. The first-order valence-corrected chi connectivity index (χ1v) is 16.7. The van der Waals surface area contributed by atoms with Gasteiger partial charge >= 0.3 is 12.1 Å². The van der Waals surface area contributed by atoms with Gasteiger partial charge in [-0.2, -0.15) is 9.97 Å². The number of alkyl halides is 1. The van der Waals surface area contributed by atoms with E-state index in [1.165, 1.54) is 0 Å². The largest absolute Gasteiger partial charge is 0.461 e. The number of nitrogens with zero attached hydrogens (tertiary/aromatic N) is 5. The summed E-state index contributed by atoms with van der Waals surface area (Å²) in [5, 5.41) is 2.22. The Morgan fingerprint density at radius 1 is 1.10 bits per heavy atom. The van der Waals surface area contributed by atoms with Gasteiger partial charge in [-0.1, -0.05) is 42.3 Å². The number of likely N-dealkylation sites (tertiary alicyclic amines) is 1. The summed E-state index contributed by atoms with van der Waals surface area (Å²) in [5.74, 6) is 2.73. The number of hydrogen-bond acceptors (Lipinski definition) is 7. The number of carbonyl (C=O) groups is 1. The molecule has 10 heteroatoms. The van der Waals surface area contributed by atoms with Crippen LogP contribution in [-0.4, -0.2) is 89.0 Å². The Balaban J connectivity index is 1.29. The first kappa shape index (κ1) is 32.1. The number of carbonyl (C=O) groups excluding carboxylic acids is 1. The van der Waals surface area contributed by atoms with Crippen LogP contribution in [0.3, 0.4) is 0 Å². The normalized spacial score (nSPS) is 22.6. The standard InChI is InChI=1S/C38H41F2N5O3/c1-6-24-10-7-11-25-12-8-13-28(31(24)25)29-14-15-30-33(32(29)40)41-35(47-23-38-17-9-18-45(38)21-26(39)20-38)42-34(30)43(5)27-16-19-44(22-27)36(46)48-37(2,3)4/h1,7-8,10-15,26-27H,9,16-23H2,2-5H3/t26-,27-,38+/m1/s1. The molecule has 3 atom stereocenters. The van der Waals surface area contributed by atoms with Crippen LogP contribution in [0, 0.1) is 18.2 Å². The first-order valence-electron chi connectivity index (χ1n) is 16.7. The number of terminal acetylenes is 1. The molecule has 0 saturated carbocycles. The molecule has 250 valence electrons. The number of likely N-dealkylation sites (N-methyl/N-ethyl adjacent to an activating group) is 1. The van der Waals surface area contributed by atoms with Crippen molar-refractivity contribution in [3.05, 3.63) is 59.9 Å². The molecule has 0 spiro atoms. The SMILES string of the molecule is C#Cc1cccc2cccc(-c3ccc4c(N(C)[C@@H]5CCN(C(=O)OC(C)(C)C)C5)nc(OC[C@@]56CCCN5C[C@H](F)C6)nc4c3F)c12. The summed E-state index contributed by atoms with van der Waals surface area (Å²) in [5.41, 5.74) is 0.800. The molecule has 0 unspecified atom stereocenters. The maximum Gasteiger partial charge on any atom is 0.410 e. The number of benzene rings is 3. The highest BCUT2D eigenvalue weighted by Gasteiger charge is 2.49. The van der Waals surface area contributed by atoms with Crippen LogP contribution in [0.15, 0.2) is 48.5 Å². The molecule has 7 rings (SSSR count). The summed E-state index contributed by atoms with van der Waals surface area (Å²) in [4.78, 5) is 28.2. The lowest BCUT2D eigenvalue weighted by Crippen LogP contribution is -2.43. The Labute approximate surface area is 280 Å². The van der Waals surface area contributed by atoms with Crippen molar-refractivity contribution >= 4 is 33.6 Å². The molecule has 8 nitrogen and oxygen atoms in total. The minimum Gasteiger partial charge on any atom is -0.461 e. The van der Waals surface area contributed by atoms with E-state index in [0.29, 0.717) is 60.4 Å². The summed E-state index contributed by atoms with van der Waals surface area (Å²) in [7, 11) is 1.90. The lowest BCUT2D eigenvalue weighted by Gasteiger charge is -2.31. The second-order valence-electron chi connectivity index (χ2n) is 14.4. The van der Waals surface area contributed by atoms with Gasteiger partial charge in [0, 0.05) is 61.0 Å². The Kier molecular flexibility index (Phi) is 8.15. The summed E-state index contributed by atoms with van der Waals surface area (Å²) in [6.45, 7) is 7.92. The monoisotopic (exact) mass is 653 g/mol. The molecule has 4 aromatic rings. The van der Waals surface area contributed by atoms with Crippen LogP contribution >= 0.6 is 0 Å². The van der Waals surface area contributed by atoms with Crippen LogP contribution in [-0.2, 0) is 4.74 Å². The first-order chi connectivity index (χ1) is 23.0. The molecular weight excluding hydrogens is 612 g/mol. The fourth-order valence-corrected chi connectivity index (χ4v) is 7.72. The van der Waals surface area contributed by atoms with Crippen LogP contribution < -0.4 is 9.64 Å². The average Bonchev–Trinajstić information content (AvgIpc) is 3.77. The molecule has 3 aromatic carbocycles. The zero-order valence-corrected chi connectivity index (χ0v) is 27.9. The zero-order chi connectivity index (χ0) is 33.8. The predicted molar refractivity (Wildman–Crippen MR) is 184 cm³/mol.